The van der Waals surface area contributed by atoms with Gasteiger partial charge in [-0.15, -0.1) is 0 Å². The number of carbonyl (C=O) groups is 3. The summed E-state index contributed by atoms with van der Waals surface area (Å²) in [6, 6.07) is -0.891. The summed E-state index contributed by atoms with van der Waals surface area (Å²) in [6.45, 7) is 1.29. The topological polar surface area (TPSA) is 86.7 Å². The minimum Gasteiger partial charge on any atom is -0.480 e. The predicted molar refractivity (Wildman–Crippen MR) is 74.1 cm³/mol. The average molecular weight is 284 g/mol. The van der Waals surface area contributed by atoms with E-state index in [9.17, 15) is 14.4 Å². The predicted octanol–water partition coefficient (Wildman–Crippen LogP) is 1.00. The van der Waals surface area contributed by atoms with Crippen molar-refractivity contribution >= 4 is 17.8 Å². The molecule has 6 heteroatoms. The van der Waals surface area contributed by atoms with Gasteiger partial charge in [-0.3, -0.25) is 9.59 Å². The van der Waals surface area contributed by atoms with Gasteiger partial charge in [0.05, 0.1) is 6.54 Å². The molecule has 0 aromatic carbocycles. The molecular formula is C14H24N2O4. The summed E-state index contributed by atoms with van der Waals surface area (Å²) in [7, 11) is 1.42. The lowest BCUT2D eigenvalue weighted by molar-refractivity contribution is -0.148. The second-order valence-electron chi connectivity index (χ2n) is 5.48. The Balaban J connectivity index is 2.22. The average Bonchev–Trinajstić information content (AvgIpc) is 2.93. The molecule has 6 nitrogen and oxygen atoms in total. The van der Waals surface area contributed by atoms with Gasteiger partial charge < -0.3 is 15.3 Å². The summed E-state index contributed by atoms with van der Waals surface area (Å²) in [5, 5.41) is 11.4. The van der Waals surface area contributed by atoms with Gasteiger partial charge in [0.2, 0.25) is 11.8 Å². The highest BCUT2D eigenvalue weighted by Gasteiger charge is 2.22. The number of carbonyl (C=O) groups excluding carboxylic acids is 2. The van der Waals surface area contributed by atoms with Crippen LogP contribution in [0.15, 0.2) is 0 Å². The molecule has 0 spiro atoms. The van der Waals surface area contributed by atoms with Crippen LogP contribution in [-0.4, -0.2) is 47.4 Å². The fraction of sp³-hybridized carbons (Fsp3) is 0.786. The SMILES string of the molecule is CC(C(=O)O)N(C)C(=O)CNC(=O)CCC1CCCC1. The van der Waals surface area contributed by atoms with Gasteiger partial charge in [0.25, 0.3) is 0 Å². The van der Waals surface area contributed by atoms with Crippen LogP contribution in [0.1, 0.15) is 45.4 Å². The molecule has 1 rings (SSSR count). The fourth-order valence-electron chi connectivity index (χ4n) is 2.40. The second-order valence-corrected chi connectivity index (χ2v) is 5.48. The maximum atomic E-state index is 11.7. The quantitative estimate of drug-likeness (QED) is 0.730. The molecule has 0 heterocycles. The standard InChI is InChI=1S/C14H24N2O4/c1-10(14(19)20)16(2)13(18)9-15-12(17)8-7-11-5-3-4-6-11/h10-11H,3-9H2,1-2H3,(H,15,17)(H,19,20). The van der Waals surface area contributed by atoms with Crippen molar-refractivity contribution in [3.05, 3.63) is 0 Å². The van der Waals surface area contributed by atoms with Gasteiger partial charge in [0, 0.05) is 13.5 Å². The molecule has 0 aromatic rings. The minimum atomic E-state index is -1.06. The normalized spacial score (nSPS) is 16.7. The Bertz CT molecular complexity index is 364. The zero-order chi connectivity index (χ0) is 15.1. The van der Waals surface area contributed by atoms with Crippen LogP contribution in [0.2, 0.25) is 0 Å². The van der Waals surface area contributed by atoms with E-state index >= 15 is 0 Å². The van der Waals surface area contributed by atoms with Crippen LogP contribution in [0.4, 0.5) is 0 Å². The number of amides is 2. The van der Waals surface area contributed by atoms with Crippen LogP contribution in [0.3, 0.4) is 0 Å². The molecule has 1 atom stereocenters. The zero-order valence-electron chi connectivity index (χ0n) is 12.2. The van der Waals surface area contributed by atoms with E-state index < -0.39 is 17.9 Å². The van der Waals surface area contributed by atoms with Crippen molar-refractivity contribution in [2.75, 3.05) is 13.6 Å². The summed E-state index contributed by atoms with van der Waals surface area (Å²) in [4.78, 5) is 35.2. The lowest BCUT2D eigenvalue weighted by atomic mass is 10.0. The first-order valence-electron chi connectivity index (χ1n) is 7.17. The van der Waals surface area contributed by atoms with Gasteiger partial charge in [-0.25, -0.2) is 4.79 Å². The summed E-state index contributed by atoms with van der Waals surface area (Å²) < 4.78 is 0. The van der Waals surface area contributed by atoms with Crippen molar-refractivity contribution in [3.63, 3.8) is 0 Å². The number of hydrogen-bond donors (Lipinski definition) is 2. The maximum Gasteiger partial charge on any atom is 0.326 e. The lowest BCUT2D eigenvalue weighted by Gasteiger charge is -2.21. The van der Waals surface area contributed by atoms with Gasteiger partial charge in [-0.05, 0) is 19.3 Å². The molecule has 1 aliphatic rings. The van der Waals surface area contributed by atoms with Crippen molar-refractivity contribution < 1.29 is 19.5 Å². The highest BCUT2D eigenvalue weighted by Crippen LogP contribution is 2.28. The number of aliphatic carboxylic acids is 1. The Morgan fingerprint density at radius 3 is 2.45 bits per heavy atom. The largest absolute Gasteiger partial charge is 0.480 e. The third-order valence-electron chi connectivity index (χ3n) is 4.02. The molecule has 2 amide bonds. The molecular weight excluding hydrogens is 260 g/mol. The second kappa shape index (κ2) is 7.87. The van der Waals surface area contributed by atoms with E-state index in [1.54, 1.807) is 0 Å². The zero-order valence-corrected chi connectivity index (χ0v) is 12.2. The highest BCUT2D eigenvalue weighted by atomic mass is 16.4. The van der Waals surface area contributed by atoms with E-state index in [4.69, 9.17) is 5.11 Å². The number of rotatable bonds is 7. The van der Waals surface area contributed by atoms with E-state index in [0.29, 0.717) is 12.3 Å². The fourth-order valence-corrected chi connectivity index (χ4v) is 2.40. The van der Waals surface area contributed by atoms with Crippen LogP contribution >= 0.6 is 0 Å². The Morgan fingerprint density at radius 1 is 1.30 bits per heavy atom. The number of carboxylic acid groups (broad SMARTS) is 1. The number of nitrogens with zero attached hydrogens (tertiary/aromatic N) is 1. The molecule has 1 fully saturated rings. The molecule has 0 saturated heterocycles. The van der Waals surface area contributed by atoms with Gasteiger partial charge in [0.1, 0.15) is 6.04 Å². The van der Waals surface area contributed by atoms with E-state index in [-0.39, 0.29) is 12.5 Å². The van der Waals surface area contributed by atoms with Gasteiger partial charge >= 0.3 is 5.97 Å². The third kappa shape index (κ3) is 5.19. The van der Waals surface area contributed by atoms with Crippen molar-refractivity contribution in [1.82, 2.24) is 10.2 Å². The Morgan fingerprint density at radius 2 is 1.90 bits per heavy atom. The lowest BCUT2D eigenvalue weighted by Crippen LogP contribution is -2.45. The molecule has 1 unspecified atom stereocenters. The van der Waals surface area contributed by atoms with Crippen LogP contribution < -0.4 is 5.32 Å². The number of nitrogens with one attached hydrogen (secondary N) is 1. The summed E-state index contributed by atoms with van der Waals surface area (Å²) in [5.41, 5.74) is 0. The third-order valence-corrected chi connectivity index (χ3v) is 4.02. The van der Waals surface area contributed by atoms with Crippen molar-refractivity contribution in [2.45, 2.75) is 51.5 Å². The molecule has 20 heavy (non-hydrogen) atoms. The molecule has 1 aliphatic carbocycles. The van der Waals surface area contributed by atoms with Crippen LogP contribution in [-0.2, 0) is 14.4 Å². The van der Waals surface area contributed by atoms with Crippen LogP contribution in [0, 0.1) is 5.92 Å². The molecule has 1 saturated carbocycles. The first-order chi connectivity index (χ1) is 9.41. The smallest absolute Gasteiger partial charge is 0.326 e. The Kier molecular flexibility index (Phi) is 6.48. The first-order valence-corrected chi connectivity index (χ1v) is 7.17. The first kappa shape index (κ1) is 16.5. The number of carboxylic acids is 1. The summed E-state index contributed by atoms with van der Waals surface area (Å²) in [5.74, 6) is -0.949. The van der Waals surface area contributed by atoms with E-state index in [1.165, 1.54) is 39.7 Å². The number of hydrogen-bond acceptors (Lipinski definition) is 3. The summed E-state index contributed by atoms with van der Waals surface area (Å²) >= 11 is 0. The van der Waals surface area contributed by atoms with Crippen LogP contribution in [0.5, 0.6) is 0 Å². The van der Waals surface area contributed by atoms with Crippen molar-refractivity contribution in [2.24, 2.45) is 5.92 Å². The van der Waals surface area contributed by atoms with Crippen molar-refractivity contribution in [1.29, 1.82) is 0 Å². The molecule has 0 bridgehead atoms. The van der Waals surface area contributed by atoms with Crippen LogP contribution in [0.25, 0.3) is 0 Å². The molecule has 0 aliphatic heterocycles. The maximum absolute atomic E-state index is 11.7. The Hall–Kier alpha value is -1.59. The van der Waals surface area contributed by atoms with E-state index in [1.807, 2.05) is 0 Å². The monoisotopic (exact) mass is 284 g/mol. The molecule has 0 aromatic heterocycles. The van der Waals surface area contributed by atoms with Crippen molar-refractivity contribution in [3.8, 4) is 0 Å². The Labute approximate surface area is 119 Å². The van der Waals surface area contributed by atoms with E-state index in [0.717, 1.165) is 11.3 Å². The molecule has 2 N–H and O–H groups in total. The highest BCUT2D eigenvalue weighted by molar-refractivity contribution is 5.87. The number of likely N-dealkylation sites (N-methyl/N-ethyl adjacent to an activating group) is 1. The minimum absolute atomic E-state index is 0.137. The summed E-state index contributed by atoms with van der Waals surface area (Å²) in [6.07, 6.45) is 6.22. The van der Waals surface area contributed by atoms with E-state index in [2.05, 4.69) is 5.32 Å². The van der Waals surface area contributed by atoms with Gasteiger partial charge in [-0.1, -0.05) is 25.7 Å². The molecule has 0 radical (unpaired) electrons. The molecule has 114 valence electrons. The van der Waals surface area contributed by atoms with Gasteiger partial charge in [-0.2, -0.15) is 0 Å². The van der Waals surface area contributed by atoms with Gasteiger partial charge in [0.15, 0.2) is 0 Å².